The largest absolute Gasteiger partial charge is 0.496 e. The van der Waals surface area contributed by atoms with Crippen LogP contribution in [0.5, 0.6) is 5.75 Å². The molecule has 1 aliphatic carbocycles. The van der Waals surface area contributed by atoms with Crippen molar-refractivity contribution >= 4 is 17.5 Å². The number of amides is 1. The molecular formula is C23H30ClNO2. The molecule has 1 amide bonds. The number of ether oxygens (including phenoxy) is 1. The second-order valence-corrected chi connectivity index (χ2v) is 7.25. The topological polar surface area (TPSA) is 38.3 Å². The summed E-state index contributed by atoms with van der Waals surface area (Å²) in [6, 6.07) is 14.3. The molecule has 3 rings (SSSR count). The maximum Gasteiger partial charge on any atom is 0.223 e. The van der Waals surface area contributed by atoms with Gasteiger partial charge >= 0.3 is 0 Å². The van der Waals surface area contributed by atoms with E-state index in [1.165, 1.54) is 19.3 Å². The zero-order chi connectivity index (χ0) is 19.6. The Morgan fingerprint density at radius 1 is 1.15 bits per heavy atom. The summed E-state index contributed by atoms with van der Waals surface area (Å²) < 4.78 is 5.30. The molecule has 1 N–H and O–H groups in total. The fraction of sp³-hybridized carbons (Fsp3) is 0.435. The van der Waals surface area contributed by atoms with Gasteiger partial charge in [0.15, 0.2) is 0 Å². The lowest BCUT2D eigenvalue weighted by atomic mass is 9.93. The molecule has 0 aliphatic heterocycles. The summed E-state index contributed by atoms with van der Waals surface area (Å²) in [7, 11) is 3.28. The van der Waals surface area contributed by atoms with E-state index in [1.54, 1.807) is 25.3 Å². The fourth-order valence-electron chi connectivity index (χ4n) is 3.57. The van der Waals surface area contributed by atoms with Gasteiger partial charge in [-0.2, -0.15) is 0 Å². The van der Waals surface area contributed by atoms with Crippen LogP contribution in [0.3, 0.4) is 0 Å². The van der Waals surface area contributed by atoms with Crippen LogP contribution in [-0.4, -0.2) is 20.1 Å². The second-order valence-electron chi connectivity index (χ2n) is 6.85. The number of methoxy groups -OCH3 is 1. The molecule has 0 spiro atoms. The van der Waals surface area contributed by atoms with E-state index in [1.807, 2.05) is 18.2 Å². The third-order valence-corrected chi connectivity index (χ3v) is 5.37. The summed E-state index contributed by atoms with van der Waals surface area (Å²) in [5.41, 5.74) is 4.04. The third kappa shape index (κ3) is 6.00. The van der Waals surface area contributed by atoms with Crippen LogP contribution in [0.15, 0.2) is 42.5 Å². The van der Waals surface area contributed by atoms with E-state index in [2.05, 4.69) is 36.5 Å². The van der Waals surface area contributed by atoms with Crippen molar-refractivity contribution in [2.24, 2.45) is 5.92 Å². The average molecular weight is 388 g/mol. The predicted octanol–water partition coefficient (Wildman–Crippen LogP) is 5.23. The van der Waals surface area contributed by atoms with Crippen molar-refractivity contribution in [1.82, 2.24) is 5.32 Å². The van der Waals surface area contributed by atoms with Crippen LogP contribution in [0.1, 0.15) is 42.9 Å². The van der Waals surface area contributed by atoms with Gasteiger partial charge in [0.05, 0.1) is 7.11 Å². The van der Waals surface area contributed by atoms with Crippen molar-refractivity contribution in [3.05, 3.63) is 64.2 Å². The van der Waals surface area contributed by atoms with E-state index in [0.29, 0.717) is 11.4 Å². The molecular weight excluding hydrogens is 358 g/mol. The minimum absolute atomic E-state index is 0.0545. The first-order valence-electron chi connectivity index (χ1n) is 9.70. The van der Waals surface area contributed by atoms with Crippen LogP contribution in [-0.2, 0) is 24.1 Å². The number of hydrogen-bond acceptors (Lipinski definition) is 2. The van der Waals surface area contributed by atoms with Gasteiger partial charge in [-0.1, -0.05) is 55.3 Å². The van der Waals surface area contributed by atoms with Crippen molar-refractivity contribution in [2.45, 2.75) is 45.4 Å². The summed E-state index contributed by atoms with van der Waals surface area (Å²) in [6.07, 6.45) is 6.38. The molecule has 1 unspecified atom stereocenters. The standard InChI is InChI=1S/C14H20ClNO2.C9H10/c1-4-6-10(14(17)16-2)9-11-12(15)7-5-8-13(11)18-3;1-2-5-9-7-3-6-8(9)4-1/h5,7-8,10H,4,6,9H2,1-3H3,(H,16,17);1-2,4-5H,3,6-7H2. The summed E-state index contributed by atoms with van der Waals surface area (Å²) >= 11 is 6.19. The lowest BCUT2D eigenvalue weighted by Crippen LogP contribution is -2.29. The Kier molecular flexibility index (Phi) is 8.66. The predicted molar refractivity (Wildman–Crippen MR) is 113 cm³/mol. The summed E-state index contributed by atoms with van der Waals surface area (Å²) in [4.78, 5) is 11.8. The zero-order valence-electron chi connectivity index (χ0n) is 16.6. The highest BCUT2D eigenvalue weighted by Gasteiger charge is 2.20. The zero-order valence-corrected chi connectivity index (χ0v) is 17.3. The van der Waals surface area contributed by atoms with Crippen molar-refractivity contribution in [3.63, 3.8) is 0 Å². The summed E-state index contributed by atoms with van der Waals surface area (Å²) in [5.74, 6) is 0.736. The van der Waals surface area contributed by atoms with Crippen LogP contribution in [0.25, 0.3) is 0 Å². The Balaban J connectivity index is 0.000000239. The van der Waals surface area contributed by atoms with Gasteiger partial charge in [0.1, 0.15) is 5.75 Å². The van der Waals surface area contributed by atoms with Gasteiger partial charge in [0.25, 0.3) is 0 Å². The molecule has 4 heteroatoms. The average Bonchev–Trinajstić information content (AvgIpc) is 3.17. The molecule has 2 aromatic rings. The lowest BCUT2D eigenvalue weighted by Gasteiger charge is -2.17. The maximum absolute atomic E-state index is 11.8. The third-order valence-electron chi connectivity index (χ3n) is 5.01. The number of hydrogen-bond donors (Lipinski definition) is 1. The van der Waals surface area contributed by atoms with E-state index in [0.717, 1.165) is 24.2 Å². The van der Waals surface area contributed by atoms with Gasteiger partial charge in [0, 0.05) is 23.6 Å². The van der Waals surface area contributed by atoms with Crippen LogP contribution in [0.2, 0.25) is 5.02 Å². The monoisotopic (exact) mass is 387 g/mol. The lowest BCUT2D eigenvalue weighted by molar-refractivity contribution is -0.124. The van der Waals surface area contributed by atoms with Gasteiger partial charge in [0.2, 0.25) is 5.91 Å². The molecule has 0 radical (unpaired) electrons. The number of aryl methyl sites for hydroxylation is 2. The van der Waals surface area contributed by atoms with Gasteiger partial charge in [-0.25, -0.2) is 0 Å². The Labute approximate surface area is 168 Å². The molecule has 0 heterocycles. The Morgan fingerprint density at radius 2 is 1.81 bits per heavy atom. The number of carbonyl (C=O) groups is 1. The molecule has 27 heavy (non-hydrogen) atoms. The van der Waals surface area contributed by atoms with E-state index in [4.69, 9.17) is 16.3 Å². The minimum Gasteiger partial charge on any atom is -0.496 e. The highest BCUT2D eigenvalue weighted by molar-refractivity contribution is 6.31. The number of halogens is 1. The Morgan fingerprint density at radius 3 is 2.37 bits per heavy atom. The van der Waals surface area contributed by atoms with Gasteiger partial charge < -0.3 is 10.1 Å². The van der Waals surface area contributed by atoms with E-state index >= 15 is 0 Å². The number of rotatable bonds is 6. The summed E-state index contributed by atoms with van der Waals surface area (Å²) in [6.45, 7) is 2.07. The quantitative estimate of drug-likeness (QED) is 0.737. The normalized spacial score (nSPS) is 13.2. The molecule has 146 valence electrons. The Hall–Kier alpha value is -2.00. The van der Waals surface area contributed by atoms with Crippen molar-refractivity contribution in [1.29, 1.82) is 0 Å². The number of fused-ring (bicyclic) bond motifs is 1. The smallest absolute Gasteiger partial charge is 0.223 e. The van der Waals surface area contributed by atoms with E-state index in [9.17, 15) is 4.79 Å². The van der Waals surface area contributed by atoms with E-state index in [-0.39, 0.29) is 11.8 Å². The first-order valence-corrected chi connectivity index (χ1v) is 10.1. The Bertz CT molecular complexity index is 722. The summed E-state index contributed by atoms with van der Waals surface area (Å²) in [5, 5.41) is 3.36. The van der Waals surface area contributed by atoms with Gasteiger partial charge in [-0.3, -0.25) is 4.79 Å². The first kappa shape index (κ1) is 21.3. The second kappa shape index (κ2) is 11.0. The fourth-order valence-corrected chi connectivity index (χ4v) is 3.81. The van der Waals surface area contributed by atoms with Gasteiger partial charge in [-0.05, 0) is 55.4 Å². The van der Waals surface area contributed by atoms with Crippen LogP contribution in [0, 0.1) is 5.92 Å². The molecule has 0 saturated carbocycles. The van der Waals surface area contributed by atoms with Crippen LogP contribution < -0.4 is 10.1 Å². The van der Waals surface area contributed by atoms with Crippen molar-refractivity contribution in [2.75, 3.05) is 14.2 Å². The highest BCUT2D eigenvalue weighted by atomic mass is 35.5. The highest BCUT2D eigenvalue weighted by Crippen LogP contribution is 2.30. The first-order chi connectivity index (χ1) is 13.1. The van der Waals surface area contributed by atoms with Crippen LogP contribution >= 0.6 is 11.6 Å². The SMILES string of the molecule is CCCC(Cc1c(Cl)cccc1OC)C(=O)NC.c1ccc2c(c1)CCC2. The van der Waals surface area contributed by atoms with Crippen LogP contribution in [0.4, 0.5) is 0 Å². The molecule has 0 bridgehead atoms. The number of benzene rings is 2. The molecule has 2 aromatic carbocycles. The molecule has 1 atom stereocenters. The maximum atomic E-state index is 11.8. The number of carbonyl (C=O) groups excluding carboxylic acids is 1. The molecule has 0 aromatic heterocycles. The minimum atomic E-state index is -0.0613. The number of nitrogens with one attached hydrogen (secondary N) is 1. The van der Waals surface area contributed by atoms with E-state index < -0.39 is 0 Å². The molecule has 0 fully saturated rings. The molecule has 3 nitrogen and oxygen atoms in total. The van der Waals surface area contributed by atoms with Crippen molar-refractivity contribution < 1.29 is 9.53 Å². The molecule has 1 aliphatic rings. The van der Waals surface area contributed by atoms with Crippen molar-refractivity contribution in [3.8, 4) is 5.75 Å². The van der Waals surface area contributed by atoms with Gasteiger partial charge in [-0.15, -0.1) is 0 Å². The molecule has 0 saturated heterocycles.